The fourth-order valence-electron chi connectivity index (χ4n) is 5.42. The fraction of sp³-hybridized carbons (Fsp3) is 0.367. The molecule has 6 rings (SSSR count). The van der Waals surface area contributed by atoms with Crippen LogP contribution in [0.25, 0.3) is 44.3 Å². The molecule has 1 saturated heterocycles. The van der Waals surface area contributed by atoms with Crippen LogP contribution in [0, 0.1) is 5.92 Å². The Bertz CT molecular complexity index is 1530. The minimum absolute atomic E-state index is 0.515. The second-order valence-corrected chi connectivity index (χ2v) is 10.5. The molecule has 0 spiro atoms. The van der Waals surface area contributed by atoms with Crippen molar-refractivity contribution in [3.05, 3.63) is 60.4 Å². The summed E-state index contributed by atoms with van der Waals surface area (Å²) in [6.45, 7) is 9.61. The lowest BCUT2D eigenvalue weighted by Crippen LogP contribution is -2.33. The number of benzene rings is 3. The lowest BCUT2D eigenvalue weighted by Gasteiger charge is -2.22. The van der Waals surface area contributed by atoms with Crippen LogP contribution in [0.5, 0.6) is 5.75 Å². The van der Waals surface area contributed by atoms with Crippen LogP contribution in [0.15, 0.2) is 54.6 Å². The van der Waals surface area contributed by atoms with Crippen molar-refractivity contribution in [2.45, 2.75) is 46.1 Å². The van der Waals surface area contributed by atoms with Crippen molar-refractivity contribution in [3.63, 3.8) is 0 Å². The molecule has 0 amide bonds. The van der Waals surface area contributed by atoms with Gasteiger partial charge in [-0.2, -0.15) is 10.2 Å². The maximum absolute atomic E-state index is 6.20. The van der Waals surface area contributed by atoms with E-state index < -0.39 is 0 Å². The number of rotatable bonds is 8. The summed E-state index contributed by atoms with van der Waals surface area (Å²) < 4.78 is 6.20. The number of likely N-dealkylation sites (tertiary alicyclic amines) is 1. The van der Waals surface area contributed by atoms with Gasteiger partial charge >= 0.3 is 0 Å². The van der Waals surface area contributed by atoms with Crippen LogP contribution in [-0.2, 0) is 6.42 Å². The average Bonchev–Trinajstić information content (AvgIpc) is 3.66. The van der Waals surface area contributed by atoms with Gasteiger partial charge in [-0.3, -0.25) is 15.1 Å². The third-order valence-electron chi connectivity index (χ3n) is 7.39. The number of nitrogens with zero attached hydrogens (tertiary/aromatic N) is 4. The van der Waals surface area contributed by atoms with Crippen LogP contribution in [0.1, 0.15) is 39.4 Å². The molecule has 1 fully saturated rings. The second-order valence-electron chi connectivity index (χ2n) is 10.5. The van der Waals surface area contributed by atoms with E-state index in [1.54, 1.807) is 0 Å². The third kappa shape index (κ3) is 4.83. The number of ether oxygens (including phenoxy) is 1. The van der Waals surface area contributed by atoms with Crippen molar-refractivity contribution < 1.29 is 4.74 Å². The average molecular weight is 495 g/mol. The quantitative estimate of drug-likeness (QED) is 0.267. The molecule has 0 radical (unpaired) electrons. The minimum atomic E-state index is 0.515. The van der Waals surface area contributed by atoms with Crippen LogP contribution in [-0.4, -0.2) is 56.0 Å². The lowest BCUT2D eigenvalue weighted by atomic mass is 10.0. The van der Waals surface area contributed by atoms with Gasteiger partial charge in [-0.15, -0.1) is 0 Å². The van der Waals surface area contributed by atoms with E-state index in [1.807, 2.05) is 0 Å². The molecule has 7 nitrogen and oxygen atoms in total. The summed E-state index contributed by atoms with van der Waals surface area (Å²) in [7, 11) is 0. The second kappa shape index (κ2) is 9.98. The third-order valence-corrected chi connectivity index (χ3v) is 7.39. The molecule has 2 N–H and O–H groups in total. The summed E-state index contributed by atoms with van der Waals surface area (Å²) in [6, 6.07) is 19.6. The molecular weight excluding hydrogens is 460 g/mol. The number of aromatic amines is 2. The number of fused-ring (bicyclic) bond motifs is 2. The Kier molecular flexibility index (Phi) is 6.38. The van der Waals surface area contributed by atoms with Crippen molar-refractivity contribution in [1.82, 2.24) is 30.3 Å². The van der Waals surface area contributed by atoms with E-state index in [0.29, 0.717) is 12.0 Å². The van der Waals surface area contributed by atoms with Crippen molar-refractivity contribution in [3.8, 4) is 28.4 Å². The highest BCUT2D eigenvalue weighted by atomic mass is 16.5. The standard InChI is InChI=1S/C30H34N6O/c1-4-36-13-5-6-24(36)18-37-25-11-9-20-15-22(8-7-21(20)16-25)29-26-17-23(10-12-27(26)32-34-29)30-31-28(33-35-30)14-19(2)3/h7-12,15-17,19,24H,4-6,13-14,18H2,1-3H3,(H,32,34)(H,31,33,35)/t24-/m1/s1. The molecule has 0 unspecified atom stereocenters. The SMILES string of the molecule is CCN1CCC[C@@H]1COc1ccc2cc(-c3n[nH]c4ccc(-c5nc(CC(C)C)n[nH]5)cc34)ccc2c1. The first-order chi connectivity index (χ1) is 18.1. The molecule has 3 aromatic carbocycles. The van der Waals surface area contributed by atoms with E-state index >= 15 is 0 Å². The molecule has 1 aliphatic rings. The summed E-state index contributed by atoms with van der Waals surface area (Å²) in [5.41, 5.74) is 4.01. The Morgan fingerprint density at radius 3 is 2.68 bits per heavy atom. The Balaban J connectivity index is 1.25. The van der Waals surface area contributed by atoms with Crippen molar-refractivity contribution >= 4 is 21.7 Å². The monoisotopic (exact) mass is 494 g/mol. The maximum Gasteiger partial charge on any atom is 0.155 e. The zero-order valence-corrected chi connectivity index (χ0v) is 21.8. The topological polar surface area (TPSA) is 82.7 Å². The van der Waals surface area contributed by atoms with Gasteiger partial charge in [0.15, 0.2) is 11.6 Å². The number of likely N-dealkylation sites (N-methyl/N-ethyl adjacent to an activating group) is 1. The van der Waals surface area contributed by atoms with Crippen LogP contribution >= 0.6 is 0 Å². The van der Waals surface area contributed by atoms with E-state index in [2.05, 4.69) is 101 Å². The first-order valence-electron chi connectivity index (χ1n) is 13.4. The molecule has 0 bridgehead atoms. The lowest BCUT2D eigenvalue weighted by molar-refractivity contribution is 0.179. The number of hydrogen-bond acceptors (Lipinski definition) is 5. The predicted octanol–water partition coefficient (Wildman–Crippen LogP) is 6.23. The molecule has 0 aliphatic carbocycles. The molecule has 190 valence electrons. The molecule has 37 heavy (non-hydrogen) atoms. The number of H-pyrrole nitrogens is 2. The molecule has 5 aromatic rings. The van der Waals surface area contributed by atoms with E-state index in [9.17, 15) is 0 Å². The van der Waals surface area contributed by atoms with E-state index in [4.69, 9.17) is 9.72 Å². The van der Waals surface area contributed by atoms with Crippen molar-refractivity contribution in [1.29, 1.82) is 0 Å². The molecule has 0 saturated carbocycles. The molecule has 7 heteroatoms. The van der Waals surface area contributed by atoms with Crippen LogP contribution in [0.3, 0.4) is 0 Å². The van der Waals surface area contributed by atoms with E-state index in [0.717, 1.165) is 64.7 Å². The normalized spacial score (nSPS) is 16.4. The summed E-state index contributed by atoms with van der Waals surface area (Å²) in [4.78, 5) is 7.21. The Morgan fingerprint density at radius 1 is 0.973 bits per heavy atom. The first kappa shape index (κ1) is 23.7. The van der Waals surface area contributed by atoms with Gasteiger partial charge in [-0.1, -0.05) is 39.0 Å². The zero-order valence-electron chi connectivity index (χ0n) is 21.8. The van der Waals surface area contributed by atoms with Gasteiger partial charge in [0, 0.05) is 29.0 Å². The van der Waals surface area contributed by atoms with Crippen LogP contribution in [0.4, 0.5) is 0 Å². The molecule has 2 aromatic heterocycles. The van der Waals surface area contributed by atoms with Crippen LogP contribution < -0.4 is 4.74 Å². The molecule has 3 heterocycles. The summed E-state index contributed by atoms with van der Waals surface area (Å²) >= 11 is 0. The Morgan fingerprint density at radius 2 is 1.81 bits per heavy atom. The van der Waals surface area contributed by atoms with Gasteiger partial charge in [0.2, 0.25) is 0 Å². The maximum atomic E-state index is 6.20. The van der Waals surface area contributed by atoms with Gasteiger partial charge in [0.25, 0.3) is 0 Å². The number of aromatic nitrogens is 5. The zero-order chi connectivity index (χ0) is 25.4. The smallest absolute Gasteiger partial charge is 0.155 e. The minimum Gasteiger partial charge on any atom is -0.492 e. The molecular formula is C30H34N6O. The van der Waals surface area contributed by atoms with E-state index in [-0.39, 0.29) is 0 Å². The summed E-state index contributed by atoms with van der Waals surface area (Å²) in [5, 5.41) is 18.7. The van der Waals surface area contributed by atoms with Gasteiger partial charge < -0.3 is 4.74 Å². The van der Waals surface area contributed by atoms with E-state index in [1.165, 1.54) is 30.2 Å². The van der Waals surface area contributed by atoms with Gasteiger partial charge in [-0.25, -0.2) is 4.98 Å². The highest BCUT2D eigenvalue weighted by Crippen LogP contribution is 2.32. The Hall–Kier alpha value is -3.71. The van der Waals surface area contributed by atoms with Gasteiger partial charge in [-0.05, 0) is 79.0 Å². The van der Waals surface area contributed by atoms with Gasteiger partial charge in [0.1, 0.15) is 12.4 Å². The number of hydrogen-bond donors (Lipinski definition) is 2. The molecule has 1 atom stereocenters. The van der Waals surface area contributed by atoms with Gasteiger partial charge in [0.05, 0.1) is 11.2 Å². The van der Waals surface area contributed by atoms with Crippen LogP contribution in [0.2, 0.25) is 0 Å². The Labute approximate surface area is 217 Å². The largest absolute Gasteiger partial charge is 0.492 e. The first-order valence-corrected chi connectivity index (χ1v) is 13.4. The van der Waals surface area contributed by atoms with Crippen molar-refractivity contribution in [2.24, 2.45) is 5.92 Å². The fourth-order valence-corrected chi connectivity index (χ4v) is 5.42. The summed E-state index contributed by atoms with van der Waals surface area (Å²) in [6.07, 6.45) is 3.35. The highest BCUT2D eigenvalue weighted by molar-refractivity contribution is 5.97. The molecule has 1 aliphatic heterocycles. The highest BCUT2D eigenvalue weighted by Gasteiger charge is 2.23. The summed E-state index contributed by atoms with van der Waals surface area (Å²) in [5.74, 6) is 3.08. The predicted molar refractivity (Wildman–Crippen MR) is 149 cm³/mol. The van der Waals surface area contributed by atoms with Crippen molar-refractivity contribution in [2.75, 3.05) is 19.7 Å². The number of nitrogens with one attached hydrogen (secondary N) is 2.